The molecule has 0 aliphatic carbocycles. The number of fused-ring (bicyclic) bond motifs is 1. The van der Waals surface area contributed by atoms with Crippen LogP contribution in [-0.2, 0) is 22.7 Å². The van der Waals surface area contributed by atoms with Gasteiger partial charge < -0.3 is 23.2 Å². The fourth-order valence-electron chi connectivity index (χ4n) is 4.28. The lowest BCUT2D eigenvalue weighted by Crippen LogP contribution is -2.28. The van der Waals surface area contributed by atoms with Crippen molar-refractivity contribution in [2.24, 2.45) is 0 Å². The fraction of sp³-hybridized carbons (Fsp3) is 0.417. The first kappa shape index (κ1) is 20.6. The molecule has 1 saturated heterocycles. The third-order valence-electron chi connectivity index (χ3n) is 5.88. The number of benzene rings is 1. The molecule has 8 nitrogen and oxygen atoms in total. The van der Waals surface area contributed by atoms with Gasteiger partial charge in [0.1, 0.15) is 23.8 Å². The molecule has 8 heteroatoms. The molecule has 1 atom stereocenters. The van der Waals surface area contributed by atoms with E-state index in [2.05, 4.69) is 10.1 Å². The number of rotatable bonds is 6. The van der Waals surface area contributed by atoms with Crippen LogP contribution >= 0.6 is 0 Å². The molecular formula is C24H26N2O6. The minimum atomic E-state index is -0.320. The highest BCUT2D eigenvalue weighted by atomic mass is 16.7. The van der Waals surface area contributed by atoms with Crippen molar-refractivity contribution in [1.29, 1.82) is 0 Å². The Morgan fingerprint density at radius 3 is 2.88 bits per heavy atom. The lowest BCUT2D eigenvalue weighted by Gasteiger charge is -2.27. The van der Waals surface area contributed by atoms with Crippen LogP contribution < -0.4 is 9.47 Å². The molecule has 168 valence electrons. The zero-order valence-electron chi connectivity index (χ0n) is 18.0. The first-order valence-corrected chi connectivity index (χ1v) is 11.0. The molecule has 3 aromatic rings. The van der Waals surface area contributed by atoms with Crippen LogP contribution in [0, 0.1) is 0 Å². The number of aromatic nitrogens is 1. The maximum atomic E-state index is 11.0. The van der Waals surface area contributed by atoms with E-state index in [0.717, 1.165) is 54.3 Å². The van der Waals surface area contributed by atoms with Crippen molar-refractivity contribution in [3.05, 3.63) is 53.6 Å². The molecular weight excluding hydrogens is 412 g/mol. The van der Waals surface area contributed by atoms with Gasteiger partial charge in [0, 0.05) is 18.6 Å². The second-order valence-electron chi connectivity index (χ2n) is 8.17. The van der Waals surface area contributed by atoms with Crippen LogP contribution in [0.1, 0.15) is 55.9 Å². The van der Waals surface area contributed by atoms with Gasteiger partial charge in [-0.25, -0.2) is 0 Å². The molecule has 5 rings (SSSR count). The Labute approximate surface area is 186 Å². The summed E-state index contributed by atoms with van der Waals surface area (Å²) in [6.45, 7) is 3.41. The van der Waals surface area contributed by atoms with Crippen molar-refractivity contribution in [3.8, 4) is 22.8 Å². The number of hydrogen-bond donors (Lipinski definition) is 0. The lowest BCUT2D eigenvalue weighted by molar-refractivity contribution is -0.142. The summed E-state index contributed by atoms with van der Waals surface area (Å²) in [6, 6.07) is 11.7. The van der Waals surface area contributed by atoms with Crippen molar-refractivity contribution in [2.75, 3.05) is 13.3 Å². The van der Waals surface area contributed by atoms with Gasteiger partial charge in [0.25, 0.3) is 0 Å². The number of carbonyl (C=O) groups is 1. The lowest BCUT2D eigenvalue weighted by atomic mass is 10.0. The largest absolute Gasteiger partial charge is 0.461 e. The molecule has 0 saturated carbocycles. The predicted molar refractivity (Wildman–Crippen MR) is 114 cm³/mol. The Morgan fingerprint density at radius 2 is 1.97 bits per heavy atom. The minimum Gasteiger partial charge on any atom is -0.461 e. The second-order valence-corrected chi connectivity index (χ2v) is 8.17. The summed E-state index contributed by atoms with van der Waals surface area (Å²) in [4.78, 5) is 13.4. The molecule has 2 aliphatic heterocycles. The molecule has 0 N–H and O–H groups in total. The average Bonchev–Trinajstić information content (AvgIpc) is 3.51. The van der Waals surface area contributed by atoms with Gasteiger partial charge in [-0.05, 0) is 49.7 Å². The number of carbonyl (C=O) groups excluding carboxylic acids is 1. The Kier molecular flexibility index (Phi) is 5.85. The van der Waals surface area contributed by atoms with Crippen molar-refractivity contribution in [1.82, 2.24) is 10.1 Å². The van der Waals surface area contributed by atoms with Crippen LogP contribution in [0.25, 0.3) is 11.3 Å². The molecule has 32 heavy (non-hydrogen) atoms. The smallest absolute Gasteiger partial charge is 0.303 e. The topological polar surface area (TPSA) is 87.2 Å². The van der Waals surface area contributed by atoms with Crippen LogP contribution in [0.15, 0.2) is 45.3 Å². The highest BCUT2D eigenvalue weighted by Gasteiger charge is 2.27. The summed E-state index contributed by atoms with van der Waals surface area (Å²) in [5, 5.41) is 4.42. The quantitative estimate of drug-likeness (QED) is 0.505. The second kappa shape index (κ2) is 9.08. The fourth-order valence-corrected chi connectivity index (χ4v) is 4.28. The first-order valence-electron chi connectivity index (χ1n) is 11.0. The normalized spacial score (nSPS) is 18.5. The molecule has 0 radical (unpaired) electrons. The Hall–Kier alpha value is -3.26. The van der Waals surface area contributed by atoms with Gasteiger partial charge in [-0.15, -0.1) is 0 Å². The van der Waals surface area contributed by atoms with Crippen LogP contribution in [0.3, 0.4) is 0 Å². The average molecular weight is 438 g/mol. The SMILES string of the molecule is CC(=O)OCc1ccc(CN2CCCCCC2c2cc(-c3ccc4c(c3)OCO4)on2)o1. The Bertz CT molecular complexity index is 1090. The van der Waals surface area contributed by atoms with E-state index in [1.165, 1.54) is 13.3 Å². The number of ether oxygens (including phenoxy) is 3. The first-order chi connectivity index (χ1) is 15.7. The van der Waals surface area contributed by atoms with Crippen LogP contribution in [0.4, 0.5) is 0 Å². The summed E-state index contributed by atoms with van der Waals surface area (Å²) in [7, 11) is 0. The van der Waals surface area contributed by atoms with Gasteiger partial charge in [-0.3, -0.25) is 9.69 Å². The van der Waals surface area contributed by atoms with E-state index in [1.54, 1.807) is 0 Å². The number of furan rings is 1. The van der Waals surface area contributed by atoms with Gasteiger partial charge in [0.05, 0.1) is 12.6 Å². The standard InChI is InChI=1S/C24H26N2O6/c1-16(27)28-14-19-8-7-18(31-19)13-26-10-4-2-3-5-21(26)20-12-23(32-25-20)17-6-9-22-24(11-17)30-15-29-22/h6-9,11-12,21H,2-5,10,13-15H2,1H3. The number of hydrogen-bond acceptors (Lipinski definition) is 8. The van der Waals surface area contributed by atoms with Gasteiger partial charge >= 0.3 is 5.97 Å². The van der Waals surface area contributed by atoms with Crippen molar-refractivity contribution >= 4 is 5.97 Å². The zero-order valence-corrected chi connectivity index (χ0v) is 18.0. The van der Waals surface area contributed by atoms with Gasteiger partial charge in [0.15, 0.2) is 17.3 Å². The Balaban J connectivity index is 1.33. The maximum absolute atomic E-state index is 11.0. The molecule has 2 aliphatic rings. The number of esters is 1. The molecule has 2 aromatic heterocycles. The summed E-state index contributed by atoms with van der Waals surface area (Å²) < 4.78 is 27.5. The van der Waals surface area contributed by atoms with E-state index < -0.39 is 0 Å². The minimum absolute atomic E-state index is 0.144. The van der Waals surface area contributed by atoms with E-state index in [9.17, 15) is 4.79 Å². The van der Waals surface area contributed by atoms with E-state index in [0.29, 0.717) is 18.1 Å². The molecule has 1 unspecified atom stereocenters. The van der Waals surface area contributed by atoms with Gasteiger partial charge in [-0.2, -0.15) is 0 Å². The van der Waals surface area contributed by atoms with E-state index >= 15 is 0 Å². The number of nitrogens with zero attached hydrogens (tertiary/aromatic N) is 2. The van der Waals surface area contributed by atoms with E-state index in [1.807, 2.05) is 36.4 Å². The molecule has 4 heterocycles. The molecule has 1 aromatic carbocycles. The summed E-state index contributed by atoms with van der Waals surface area (Å²) in [5.74, 6) is 3.35. The van der Waals surface area contributed by atoms with Crippen LogP contribution in [0.5, 0.6) is 11.5 Å². The predicted octanol–water partition coefficient (Wildman–Crippen LogP) is 4.84. The highest BCUT2D eigenvalue weighted by Crippen LogP contribution is 2.38. The van der Waals surface area contributed by atoms with E-state index in [-0.39, 0.29) is 25.4 Å². The van der Waals surface area contributed by atoms with E-state index in [4.69, 9.17) is 23.2 Å². The third kappa shape index (κ3) is 4.50. The monoisotopic (exact) mass is 438 g/mol. The van der Waals surface area contributed by atoms with Crippen molar-refractivity contribution in [3.63, 3.8) is 0 Å². The van der Waals surface area contributed by atoms with Gasteiger partial charge in [0.2, 0.25) is 6.79 Å². The Morgan fingerprint density at radius 1 is 1.09 bits per heavy atom. The van der Waals surface area contributed by atoms with Crippen LogP contribution in [-0.4, -0.2) is 29.4 Å². The van der Waals surface area contributed by atoms with Crippen molar-refractivity contribution < 1.29 is 27.9 Å². The summed E-state index contributed by atoms with van der Waals surface area (Å²) in [5.41, 5.74) is 1.83. The number of likely N-dealkylation sites (tertiary alicyclic amines) is 1. The van der Waals surface area contributed by atoms with Crippen molar-refractivity contribution in [2.45, 2.75) is 51.8 Å². The maximum Gasteiger partial charge on any atom is 0.303 e. The highest BCUT2D eigenvalue weighted by molar-refractivity contribution is 5.65. The van der Waals surface area contributed by atoms with Gasteiger partial charge in [-0.1, -0.05) is 18.0 Å². The molecule has 0 amide bonds. The third-order valence-corrected chi connectivity index (χ3v) is 5.88. The summed E-state index contributed by atoms with van der Waals surface area (Å²) in [6.07, 6.45) is 4.47. The summed E-state index contributed by atoms with van der Waals surface area (Å²) >= 11 is 0. The molecule has 1 fully saturated rings. The van der Waals surface area contributed by atoms with Crippen LogP contribution in [0.2, 0.25) is 0 Å². The zero-order chi connectivity index (χ0) is 21.9. The molecule has 0 spiro atoms. The molecule has 0 bridgehead atoms.